The lowest BCUT2D eigenvalue weighted by molar-refractivity contribution is -0.161. The van der Waals surface area contributed by atoms with Crippen molar-refractivity contribution in [1.29, 1.82) is 0 Å². The lowest BCUT2D eigenvalue weighted by Crippen LogP contribution is -2.29. The molecule has 2 unspecified atom stereocenters. The van der Waals surface area contributed by atoms with Crippen molar-refractivity contribution >= 4 is 25.5 Å². The highest BCUT2D eigenvalue weighted by Gasteiger charge is 2.39. The molecule has 0 aromatic rings. The SMILES string of the molecule is CCCCC[C@H](O)/C=C/[C@H]1[C@H](O)CC(=O)[C@@H]1CCCCCCC(=O)OC[C@H](COP(=O)(O)OC[C@@H](O)CO)OC(=O)CCCCCCCCC(C)CC. The summed E-state index contributed by atoms with van der Waals surface area (Å²) in [6.07, 6.45) is 15.4. The third kappa shape index (κ3) is 24.4. The van der Waals surface area contributed by atoms with E-state index in [1.165, 1.54) is 19.3 Å². The number of aliphatic hydroxyl groups excluding tert-OH is 4. The highest BCUT2D eigenvalue weighted by Crippen LogP contribution is 2.43. The molecule has 0 heterocycles. The molecule has 5 N–H and O–H groups in total. The summed E-state index contributed by atoms with van der Waals surface area (Å²) in [6.45, 7) is 4.24. The number of carbonyl (C=O) groups excluding carboxylic acids is 3. The quantitative estimate of drug-likeness (QED) is 0.0209. The lowest BCUT2D eigenvalue weighted by atomic mass is 9.88. The minimum atomic E-state index is -4.67. The smallest absolute Gasteiger partial charge is 0.462 e. The second-order valence-electron chi connectivity index (χ2n) is 14.7. The molecule has 0 radical (unpaired) electrons. The molecule has 1 aliphatic rings. The second-order valence-corrected chi connectivity index (χ2v) is 16.1. The van der Waals surface area contributed by atoms with Crippen LogP contribution in [0.2, 0.25) is 0 Å². The fourth-order valence-electron chi connectivity index (χ4n) is 6.28. The van der Waals surface area contributed by atoms with Crippen molar-refractivity contribution in [2.75, 3.05) is 26.4 Å². The molecule has 0 bridgehead atoms. The number of aliphatic hydroxyl groups is 4. The van der Waals surface area contributed by atoms with Gasteiger partial charge in [0.2, 0.25) is 0 Å². The van der Waals surface area contributed by atoms with Crippen LogP contribution in [0.15, 0.2) is 12.2 Å². The Kier molecular flexibility index (Phi) is 27.5. The third-order valence-electron chi connectivity index (χ3n) is 9.86. The molecule has 14 heteroatoms. The number of hydrogen-bond acceptors (Lipinski definition) is 12. The molecule has 1 rings (SSSR count). The normalized spacial score (nSPS) is 21.0. The number of hydrogen-bond donors (Lipinski definition) is 5. The van der Waals surface area contributed by atoms with Crippen LogP contribution in [0, 0.1) is 17.8 Å². The molecule has 0 amide bonds. The fourth-order valence-corrected chi connectivity index (χ4v) is 7.07. The number of esters is 2. The van der Waals surface area contributed by atoms with Crippen LogP contribution in [0.5, 0.6) is 0 Å². The Balaban J connectivity index is 2.49. The molecule has 53 heavy (non-hydrogen) atoms. The van der Waals surface area contributed by atoms with Gasteiger partial charge in [0, 0.05) is 31.1 Å². The molecule has 1 saturated carbocycles. The number of Topliss-reactive ketones (excluding diaryl/α,β-unsaturated/α-hetero) is 1. The van der Waals surface area contributed by atoms with Crippen LogP contribution < -0.4 is 0 Å². The molecule has 1 aliphatic carbocycles. The van der Waals surface area contributed by atoms with Crippen molar-refractivity contribution in [3.05, 3.63) is 12.2 Å². The maximum atomic E-state index is 12.6. The Morgan fingerprint density at radius 1 is 0.849 bits per heavy atom. The van der Waals surface area contributed by atoms with Gasteiger partial charge in [-0.25, -0.2) is 4.57 Å². The van der Waals surface area contributed by atoms with E-state index in [0.717, 1.165) is 63.7 Å². The fraction of sp³-hybridized carbons (Fsp3) is 0.872. The van der Waals surface area contributed by atoms with Crippen LogP contribution >= 0.6 is 7.82 Å². The molecule has 0 aromatic carbocycles. The van der Waals surface area contributed by atoms with Crippen LogP contribution in [0.3, 0.4) is 0 Å². The number of phosphoric acid groups is 1. The van der Waals surface area contributed by atoms with Crippen LogP contribution in [0.1, 0.15) is 149 Å². The number of carbonyl (C=O) groups is 3. The van der Waals surface area contributed by atoms with Crippen LogP contribution in [-0.2, 0) is 37.5 Å². The maximum Gasteiger partial charge on any atom is 0.472 e. The van der Waals surface area contributed by atoms with Crippen molar-refractivity contribution in [3.8, 4) is 0 Å². The van der Waals surface area contributed by atoms with Crippen LogP contribution in [-0.4, -0.2) is 93.9 Å². The molecular weight excluding hydrogens is 707 g/mol. The number of rotatable bonds is 33. The minimum absolute atomic E-state index is 0.0326. The van der Waals surface area contributed by atoms with E-state index in [9.17, 15) is 39.2 Å². The summed E-state index contributed by atoms with van der Waals surface area (Å²) in [4.78, 5) is 47.6. The predicted molar refractivity (Wildman–Crippen MR) is 202 cm³/mol. The molecule has 310 valence electrons. The molecule has 1 fully saturated rings. The van der Waals surface area contributed by atoms with Crippen molar-refractivity contribution in [3.63, 3.8) is 0 Å². The van der Waals surface area contributed by atoms with Crippen molar-refractivity contribution in [2.45, 2.75) is 174 Å². The minimum Gasteiger partial charge on any atom is -0.462 e. The number of phosphoric ester groups is 1. The first-order chi connectivity index (χ1) is 25.3. The summed E-state index contributed by atoms with van der Waals surface area (Å²) < 4.78 is 32.6. The van der Waals surface area contributed by atoms with E-state index in [-0.39, 0.29) is 36.9 Å². The van der Waals surface area contributed by atoms with Crippen molar-refractivity contribution in [2.24, 2.45) is 17.8 Å². The Labute approximate surface area is 317 Å². The number of ether oxygens (including phenoxy) is 2. The van der Waals surface area contributed by atoms with Gasteiger partial charge in [0.05, 0.1) is 32.0 Å². The molecule has 0 saturated heterocycles. The van der Waals surface area contributed by atoms with Gasteiger partial charge in [-0.3, -0.25) is 23.4 Å². The summed E-state index contributed by atoms with van der Waals surface area (Å²) in [5, 5.41) is 39.0. The Morgan fingerprint density at radius 2 is 1.45 bits per heavy atom. The van der Waals surface area contributed by atoms with Gasteiger partial charge < -0.3 is 34.8 Å². The van der Waals surface area contributed by atoms with Crippen molar-refractivity contribution < 1.29 is 62.8 Å². The Hall–Kier alpha value is -1.70. The van der Waals surface area contributed by atoms with Gasteiger partial charge >= 0.3 is 19.8 Å². The van der Waals surface area contributed by atoms with E-state index in [4.69, 9.17) is 19.1 Å². The zero-order chi connectivity index (χ0) is 39.5. The largest absolute Gasteiger partial charge is 0.472 e. The Bertz CT molecular complexity index is 1070. The average molecular weight is 779 g/mol. The van der Waals surface area contributed by atoms with Gasteiger partial charge in [-0.05, 0) is 31.6 Å². The highest BCUT2D eigenvalue weighted by molar-refractivity contribution is 7.47. The first-order valence-corrected chi connectivity index (χ1v) is 21.6. The lowest BCUT2D eigenvalue weighted by Gasteiger charge is -2.20. The van der Waals surface area contributed by atoms with Crippen LogP contribution in [0.4, 0.5) is 0 Å². The number of unbranched alkanes of at least 4 members (excludes halogenated alkanes) is 10. The van der Waals surface area contributed by atoms with Crippen molar-refractivity contribution in [1.82, 2.24) is 0 Å². The molecule has 8 atom stereocenters. The van der Waals surface area contributed by atoms with E-state index in [1.54, 1.807) is 12.2 Å². The van der Waals surface area contributed by atoms with E-state index >= 15 is 0 Å². The van der Waals surface area contributed by atoms with E-state index in [1.807, 2.05) is 0 Å². The van der Waals surface area contributed by atoms with E-state index in [0.29, 0.717) is 32.1 Å². The maximum absolute atomic E-state index is 12.6. The Morgan fingerprint density at radius 3 is 2.11 bits per heavy atom. The first-order valence-electron chi connectivity index (χ1n) is 20.1. The molecule has 0 spiro atoms. The molecule has 13 nitrogen and oxygen atoms in total. The van der Waals surface area contributed by atoms with Gasteiger partial charge in [0.25, 0.3) is 0 Å². The van der Waals surface area contributed by atoms with Gasteiger partial charge in [0.1, 0.15) is 18.5 Å². The zero-order valence-corrected chi connectivity index (χ0v) is 33.5. The van der Waals surface area contributed by atoms with Gasteiger partial charge in [-0.2, -0.15) is 0 Å². The summed E-state index contributed by atoms with van der Waals surface area (Å²) in [5.41, 5.74) is 0. The van der Waals surface area contributed by atoms with E-state index in [2.05, 4.69) is 25.3 Å². The van der Waals surface area contributed by atoms with Gasteiger partial charge in [-0.15, -0.1) is 0 Å². The average Bonchev–Trinajstić information content (AvgIpc) is 3.40. The topological polar surface area (TPSA) is 206 Å². The van der Waals surface area contributed by atoms with Crippen LogP contribution in [0.25, 0.3) is 0 Å². The standard InChI is InChI=1S/C39H71O13P/c1-4-6-13-19-31(41)23-24-35-34(36(43)25-37(35)44)20-15-11-12-16-21-38(45)49-28-33(29-51-53(47,48)50-27-32(42)26-40)52-39(46)22-17-10-8-7-9-14-18-30(3)5-2/h23-24,30-35,37,40-42,44H,4-22,25-29H2,1-3H3,(H,47,48)/b24-23+/t30?,31-,32-,33+,34+,35+,37+/m0/s1. The monoisotopic (exact) mass is 778 g/mol. The predicted octanol–water partition coefficient (Wildman–Crippen LogP) is 6.50. The summed E-state index contributed by atoms with van der Waals surface area (Å²) in [6, 6.07) is 0. The second kappa shape index (κ2) is 29.6. The third-order valence-corrected chi connectivity index (χ3v) is 10.8. The number of ketones is 1. The molecule has 0 aromatic heterocycles. The van der Waals surface area contributed by atoms with Gasteiger partial charge in [0.15, 0.2) is 6.10 Å². The molecular formula is C39H71O13P. The highest BCUT2D eigenvalue weighted by atomic mass is 31.2. The molecule has 0 aliphatic heterocycles. The summed E-state index contributed by atoms with van der Waals surface area (Å²) in [5.74, 6) is -0.913. The zero-order valence-electron chi connectivity index (χ0n) is 32.6. The summed E-state index contributed by atoms with van der Waals surface area (Å²) in [7, 11) is -4.67. The van der Waals surface area contributed by atoms with E-state index < -0.39 is 70.6 Å². The van der Waals surface area contributed by atoms with Gasteiger partial charge in [-0.1, -0.05) is 116 Å². The first kappa shape index (κ1) is 49.3. The summed E-state index contributed by atoms with van der Waals surface area (Å²) >= 11 is 0.